The molecule has 4 nitrogen and oxygen atoms in total. The van der Waals surface area contributed by atoms with Crippen molar-refractivity contribution in [2.75, 3.05) is 0 Å². The van der Waals surface area contributed by atoms with Gasteiger partial charge in [0.15, 0.2) is 0 Å². The number of unbranched alkanes of at least 4 members (excludes halogenated alkanes) is 4. The van der Waals surface area contributed by atoms with Crippen LogP contribution in [-0.4, -0.2) is 10.2 Å². The summed E-state index contributed by atoms with van der Waals surface area (Å²) in [6, 6.07) is 0. The molecule has 108 valence electrons. The molecule has 0 aliphatic heterocycles. The summed E-state index contributed by atoms with van der Waals surface area (Å²) in [5.74, 6) is -0.501. The van der Waals surface area contributed by atoms with Crippen molar-refractivity contribution in [2.24, 2.45) is 0 Å². The van der Waals surface area contributed by atoms with Crippen molar-refractivity contribution < 1.29 is 14.6 Å². The van der Waals surface area contributed by atoms with Gasteiger partial charge >= 0.3 is 5.63 Å². The van der Waals surface area contributed by atoms with Crippen molar-refractivity contribution in [3.05, 3.63) is 21.5 Å². The summed E-state index contributed by atoms with van der Waals surface area (Å²) in [7, 11) is 0. The Kier molecular flexibility index (Phi) is 6.46. The molecular formula is C15H24O4. The average molecular weight is 268 g/mol. The van der Waals surface area contributed by atoms with Gasteiger partial charge in [-0.15, -0.1) is 0 Å². The molecule has 0 amide bonds. The zero-order valence-electron chi connectivity index (χ0n) is 11.9. The Hall–Kier alpha value is -1.45. The molecule has 0 radical (unpaired) electrons. The van der Waals surface area contributed by atoms with E-state index >= 15 is 0 Å². The summed E-state index contributed by atoms with van der Waals surface area (Å²) >= 11 is 0. The maximum absolute atomic E-state index is 11.7. The Morgan fingerprint density at radius 1 is 0.895 bits per heavy atom. The van der Waals surface area contributed by atoms with Crippen molar-refractivity contribution in [3.63, 3.8) is 0 Å². The second-order valence-electron chi connectivity index (χ2n) is 4.91. The summed E-state index contributed by atoms with van der Waals surface area (Å²) in [4.78, 5) is 11.7. The SMILES string of the molecule is CCCCCc1c(O)oc(=O)c(CCCCC)c1O. The van der Waals surface area contributed by atoms with E-state index in [0.717, 1.165) is 38.5 Å². The number of aromatic hydroxyl groups is 2. The molecule has 1 rings (SSSR count). The third-order valence-corrected chi connectivity index (χ3v) is 3.33. The van der Waals surface area contributed by atoms with Gasteiger partial charge < -0.3 is 14.6 Å². The maximum Gasteiger partial charge on any atom is 0.345 e. The highest BCUT2D eigenvalue weighted by molar-refractivity contribution is 5.42. The number of hydrogen-bond donors (Lipinski definition) is 2. The summed E-state index contributed by atoms with van der Waals surface area (Å²) in [5.41, 5.74) is 0.0580. The third kappa shape index (κ3) is 4.30. The van der Waals surface area contributed by atoms with E-state index in [9.17, 15) is 15.0 Å². The van der Waals surface area contributed by atoms with Crippen LogP contribution in [0.1, 0.15) is 63.5 Å². The van der Waals surface area contributed by atoms with Gasteiger partial charge in [0.05, 0.1) is 11.1 Å². The van der Waals surface area contributed by atoms with Crippen LogP contribution in [0.4, 0.5) is 0 Å². The Balaban J connectivity index is 2.91. The quantitative estimate of drug-likeness (QED) is 0.708. The van der Waals surface area contributed by atoms with Crippen molar-refractivity contribution in [2.45, 2.75) is 65.2 Å². The Morgan fingerprint density at radius 3 is 1.95 bits per heavy atom. The van der Waals surface area contributed by atoms with E-state index in [2.05, 4.69) is 13.8 Å². The molecule has 2 N–H and O–H groups in total. The summed E-state index contributed by atoms with van der Waals surface area (Å²) in [6.07, 6.45) is 6.87. The van der Waals surface area contributed by atoms with Gasteiger partial charge in [0.1, 0.15) is 5.75 Å². The lowest BCUT2D eigenvalue weighted by atomic mass is 10.0. The standard InChI is InChI=1S/C15H24O4/c1-3-5-7-9-11-13(16)12(10-8-6-4-2)15(18)19-14(11)17/h16-17H,3-10H2,1-2H3. The molecule has 0 saturated carbocycles. The Morgan fingerprint density at radius 2 is 1.42 bits per heavy atom. The van der Waals surface area contributed by atoms with Crippen molar-refractivity contribution >= 4 is 0 Å². The van der Waals surface area contributed by atoms with Gasteiger partial charge in [-0.1, -0.05) is 39.5 Å². The fourth-order valence-electron chi connectivity index (χ4n) is 2.14. The van der Waals surface area contributed by atoms with E-state index in [0.29, 0.717) is 24.0 Å². The van der Waals surface area contributed by atoms with Crippen LogP contribution >= 0.6 is 0 Å². The van der Waals surface area contributed by atoms with E-state index in [1.807, 2.05) is 0 Å². The van der Waals surface area contributed by atoms with E-state index in [4.69, 9.17) is 4.42 Å². The normalized spacial score (nSPS) is 10.8. The van der Waals surface area contributed by atoms with Crippen LogP contribution in [0, 0.1) is 0 Å². The minimum absolute atomic E-state index is 0.0686. The lowest BCUT2D eigenvalue weighted by Crippen LogP contribution is -2.09. The van der Waals surface area contributed by atoms with Crippen molar-refractivity contribution in [1.82, 2.24) is 0 Å². The van der Waals surface area contributed by atoms with Crippen LogP contribution in [0.15, 0.2) is 9.21 Å². The number of rotatable bonds is 8. The van der Waals surface area contributed by atoms with Gasteiger partial charge in [0.25, 0.3) is 5.95 Å². The molecule has 1 heterocycles. The van der Waals surface area contributed by atoms with Crippen LogP contribution in [0.25, 0.3) is 0 Å². The first-order chi connectivity index (χ1) is 9.11. The highest BCUT2D eigenvalue weighted by atomic mass is 16.5. The maximum atomic E-state index is 11.7. The molecule has 0 spiro atoms. The zero-order chi connectivity index (χ0) is 14.3. The molecule has 0 saturated heterocycles. The molecule has 0 fully saturated rings. The molecule has 0 aliphatic carbocycles. The lowest BCUT2D eigenvalue weighted by Gasteiger charge is -2.09. The lowest BCUT2D eigenvalue weighted by molar-refractivity contribution is 0.291. The van der Waals surface area contributed by atoms with Crippen LogP contribution in [0.2, 0.25) is 0 Å². The topological polar surface area (TPSA) is 70.7 Å². The highest BCUT2D eigenvalue weighted by Gasteiger charge is 2.18. The molecule has 1 aromatic heterocycles. The first-order valence-electron chi connectivity index (χ1n) is 7.18. The van der Waals surface area contributed by atoms with Crippen LogP contribution in [0.5, 0.6) is 11.7 Å². The summed E-state index contributed by atoms with van der Waals surface area (Å²) in [5, 5.41) is 19.8. The van der Waals surface area contributed by atoms with Gasteiger partial charge in [-0.2, -0.15) is 0 Å². The first kappa shape index (κ1) is 15.6. The molecule has 19 heavy (non-hydrogen) atoms. The molecule has 0 unspecified atom stereocenters. The van der Waals surface area contributed by atoms with E-state index in [1.165, 1.54) is 0 Å². The van der Waals surface area contributed by atoms with E-state index < -0.39 is 11.6 Å². The minimum Gasteiger partial charge on any atom is -0.507 e. The average Bonchev–Trinajstić information content (AvgIpc) is 2.37. The van der Waals surface area contributed by atoms with Gasteiger partial charge in [-0.25, -0.2) is 4.79 Å². The van der Waals surface area contributed by atoms with Gasteiger partial charge in [0, 0.05) is 0 Å². The second-order valence-corrected chi connectivity index (χ2v) is 4.91. The molecule has 1 aromatic rings. The predicted octanol–water partition coefficient (Wildman–Crippen LogP) is 3.52. The predicted molar refractivity (Wildman–Crippen MR) is 74.8 cm³/mol. The summed E-state index contributed by atoms with van der Waals surface area (Å²) < 4.78 is 4.82. The zero-order valence-corrected chi connectivity index (χ0v) is 11.9. The minimum atomic E-state index is -0.620. The molecular weight excluding hydrogens is 244 g/mol. The molecule has 0 bridgehead atoms. The highest BCUT2D eigenvalue weighted by Crippen LogP contribution is 2.30. The van der Waals surface area contributed by atoms with Crippen molar-refractivity contribution in [1.29, 1.82) is 0 Å². The Labute approximate surface area is 114 Å². The number of hydrogen-bond acceptors (Lipinski definition) is 4. The second kappa shape index (κ2) is 7.87. The van der Waals surface area contributed by atoms with E-state index in [1.54, 1.807) is 0 Å². The van der Waals surface area contributed by atoms with Crippen LogP contribution < -0.4 is 5.63 Å². The Bertz CT molecular complexity index is 448. The monoisotopic (exact) mass is 268 g/mol. The van der Waals surface area contributed by atoms with Crippen LogP contribution in [0.3, 0.4) is 0 Å². The fourth-order valence-corrected chi connectivity index (χ4v) is 2.14. The largest absolute Gasteiger partial charge is 0.507 e. The third-order valence-electron chi connectivity index (χ3n) is 3.33. The van der Waals surface area contributed by atoms with Gasteiger partial charge in [-0.3, -0.25) is 0 Å². The van der Waals surface area contributed by atoms with Crippen molar-refractivity contribution in [3.8, 4) is 11.7 Å². The smallest absolute Gasteiger partial charge is 0.345 e. The molecule has 0 aliphatic rings. The summed E-state index contributed by atoms with van der Waals surface area (Å²) in [6.45, 7) is 4.16. The first-order valence-corrected chi connectivity index (χ1v) is 7.18. The molecule has 4 heteroatoms. The molecule has 0 atom stereocenters. The van der Waals surface area contributed by atoms with Crippen LogP contribution in [-0.2, 0) is 12.8 Å². The fraction of sp³-hybridized carbons (Fsp3) is 0.667. The van der Waals surface area contributed by atoms with Gasteiger partial charge in [-0.05, 0) is 25.7 Å². The van der Waals surface area contributed by atoms with E-state index in [-0.39, 0.29) is 5.75 Å². The molecule has 0 aromatic carbocycles. The van der Waals surface area contributed by atoms with Gasteiger partial charge in [0.2, 0.25) is 0 Å².